The summed E-state index contributed by atoms with van der Waals surface area (Å²) in [4.78, 5) is 2.56. The van der Waals surface area contributed by atoms with Gasteiger partial charge in [-0.15, -0.1) is 24.8 Å². The molecule has 2 rings (SSSR count). The Bertz CT molecular complexity index is 401. The van der Waals surface area contributed by atoms with E-state index >= 15 is 0 Å². The zero-order chi connectivity index (χ0) is 13.0. The van der Waals surface area contributed by atoms with Crippen LogP contribution in [-0.4, -0.2) is 38.2 Å². The Kier molecular flexibility index (Phi) is 9.85. The predicted octanol–water partition coefficient (Wildman–Crippen LogP) is 3.66. The average molecular weight is 386 g/mol. The summed E-state index contributed by atoms with van der Waals surface area (Å²) in [6.07, 6.45) is 1.14. The van der Waals surface area contributed by atoms with E-state index in [9.17, 15) is 0 Å². The lowest BCUT2D eigenvalue weighted by Crippen LogP contribution is -2.45. The second-order valence-corrected chi connectivity index (χ2v) is 5.46. The molecule has 0 aliphatic carbocycles. The summed E-state index contributed by atoms with van der Waals surface area (Å²) in [5, 5.41) is 3.40. The minimum absolute atomic E-state index is 0. The quantitative estimate of drug-likeness (QED) is 0.855. The van der Waals surface area contributed by atoms with Gasteiger partial charge < -0.3 is 10.1 Å². The van der Waals surface area contributed by atoms with Crippen molar-refractivity contribution < 1.29 is 4.74 Å². The first-order valence-electron chi connectivity index (χ1n) is 6.54. The third-order valence-electron chi connectivity index (χ3n) is 3.54. The van der Waals surface area contributed by atoms with Crippen LogP contribution in [0.25, 0.3) is 0 Å². The molecule has 1 atom stereocenters. The van der Waals surface area contributed by atoms with Gasteiger partial charge in [0.05, 0.1) is 11.6 Å². The molecular weight excluding hydrogens is 363 g/mol. The largest absolute Gasteiger partial charge is 0.496 e. The van der Waals surface area contributed by atoms with Crippen molar-refractivity contribution in [1.29, 1.82) is 0 Å². The van der Waals surface area contributed by atoms with E-state index in [1.54, 1.807) is 7.11 Å². The Morgan fingerprint density at radius 2 is 1.95 bits per heavy atom. The van der Waals surface area contributed by atoms with E-state index in [0.717, 1.165) is 42.8 Å². The van der Waals surface area contributed by atoms with E-state index in [1.807, 2.05) is 6.07 Å². The van der Waals surface area contributed by atoms with E-state index in [0.29, 0.717) is 6.04 Å². The summed E-state index contributed by atoms with van der Waals surface area (Å²) in [7, 11) is 1.70. The van der Waals surface area contributed by atoms with Crippen LogP contribution in [0.4, 0.5) is 0 Å². The summed E-state index contributed by atoms with van der Waals surface area (Å²) in [5.41, 5.74) is 1.37. The molecule has 0 spiro atoms. The molecule has 1 heterocycles. The maximum absolute atomic E-state index is 5.29. The first-order valence-corrected chi connectivity index (χ1v) is 7.33. The third-order valence-corrected chi connectivity index (χ3v) is 4.16. The smallest absolute Gasteiger partial charge is 0.133 e. The number of ether oxygens (including phenoxy) is 1. The fourth-order valence-electron chi connectivity index (χ4n) is 2.59. The number of hydrogen-bond acceptors (Lipinski definition) is 3. The van der Waals surface area contributed by atoms with Crippen molar-refractivity contribution in [3.8, 4) is 5.75 Å². The van der Waals surface area contributed by atoms with Crippen LogP contribution < -0.4 is 10.1 Å². The van der Waals surface area contributed by atoms with Crippen molar-refractivity contribution in [2.45, 2.75) is 19.4 Å². The minimum atomic E-state index is 0. The molecule has 1 aliphatic heterocycles. The van der Waals surface area contributed by atoms with Crippen molar-refractivity contribution in [2.24, 2.45) is 0 Å². The summed E-state index contributed by atoms with van der Waals surface area (Å²) in [6, 6.07) is 6.92. The first kappa shape index (κ1) is 20.0. The van der Waals surface area contributed by atoms with E-state index in [1.165, 1.54) is 5.56 Å². The van der Waals surface area contributed by atoms with Crippen LogP contribution in [0, 0.1) is 0 Å². The Morgan fingerprint density at radius 1 is 1.30 bits per heavy atom. The highest BCUT2D eigenvalue weighted by atomic mass is 79.9. The molecule has 1 saturated heterocycles. The van der Waals surface area contributed by atoms with Gasteiger partial charge in [-0.1, -0.05) is 13.0 Å². The Labute approximate surface area is 142 Å². The van der Waals surface area contributed by atoms with E-state index < -0.39 is 0 Å². The van der Waals surface area contributed by atoms with Gasteiger partial charge in [-0.3, -0.25) is 4.90 Å². The molecule has 6 heteroatoms. The lowest BCUT2D eigenvalue weighted by Gasteiger charge is -2.34. The number of halogens is 3. The van der Waals surface area contributed by atoms with Crippen LogP contribution >= 0.6 is 40.7 Å². The predicted molar refractivity (Wildman–Crippen MR) is 92.7 cm³/mol. The minimum Gasteiger partial charge on any atom is -0.496 e. The van der Waals surface area contributed by atoms with Gasteiger partial charge in [-0.05, 0) is 40.0 Å². The summed E-state index contributed by atoms with van der Waals surface area (Å²) >= 11 is 3.57. The number of hydrogen-bond donors (Lipinski definition) is 1. The van der Waals surface area contributed by atoms with Gasteiger partial charge in [0.15, 0.2) is 0 Å². The fraction of sp³-hybridized carbons (Fsp3) is 0.571. The van der Waals surface area contributed by atoms with Crippen LogP contribution in [0.2, 0.25) is 0 Å². The number of benzene rings is 1. The highest BCUT2D eigenvalue weighted by Gasteiger charge is 2.21. The number of methoxy groups -OCH3 is 1. The second-order valence-electron chi connectivity index (χ2n) is 4.60. The van der Waals surface area contributed by atoms with Crippen molar-refractivity contribution >= 4 is 40.7 Å². The van der Waals surface area contributed by atoms with Crippen LogP contribution in [0.1, 0.15) is 24.9 Å². The second kappa shape index (κ2) is 9.85. The van der Waals surface area contributed by atoms with Crippen molar-refractivity contribution in [2.75, 3.05) is 33.3 Å². The zero-order valence-corrected chi connectivity index (χ0v) is 15.1. The monoisotopic (exact) mass is 384 g/mol. The van der Waals surface area contributed by atoms with Gasteiger partial charge in [0.2, 0.25) is 0 Å². The molecule has 0 aromatic heterocycles. The van der Waals surface area contributed by atoms with Gasteiger partial charge in [-0.2, -0.15) is 0 Å². The molecule has 1 aliphatic rings. The molecule has 0 amide bonds. The lowest BCUT2D eigenvalue weighted by atomic mass is 10.0. The van der Waals surface area contributed by atoms with Crippen molar-refractivity contribution in [3.05, 3.63) is 28.2 Å². The van der Waals surface area contributed by atoms with Crippen LogP contribution in [0.3, 0.4) is 0 Å². The van der Waals surface area contributed by atoms with Gasteiger partial charge in [0.25, 0.3) is 0 Å². The topological polar surface area (TPSA) is 24.5 Å². The Morgan fingerprint density at radius 3 is 2.45 bits per heavy atom. The molecule has 0 bridgehead atoms. The van der Waals surface area contributed by atoms with Crippen molar-refractivity contribution in [3.63, 3.8) is 0 Å². The third kappa shape index (κ3) is 4.78. The number of piperazine rings is 1. The Hall–Kier alpha value is -0.000000000000000111. The van der Waals surface area contributed by atoms with Gasteiger partial charge in [0.1, 0.15) is 5.75 Å². The normalized spacial score (nSPS) is 16.8. The molecule has 20 heavy (non-hydrogen) atoms. The molecule has 0 saturated carbocycles. The highest BCUT2D eigenvalue weighted by Crippen LogP contribution is 2.31. The zero-order valence-electron chi connectivity index (χ0n) is 11.9. The van der Waals surface area contributed by atoms with Crippen LogP contribution in [0.5, 0.6) is 5.75 Å². The molecule has 1 fully saturated rings. The van der Waals surface area contributed by atoms with E-state index in [-0.39, 0.29) is 24.8 Å². The van der Waals surface area contributed by atoms with Crippen LogP contribution in [0.15, 0.2) is 22.7 Å². The summed E-state index contributed by atoms with van der Waals surface area (Å²) in [6.45, 7) is 6.69. The van der Waals surface area contributed by atoms with Gasteiger partial charge in [-0.25, -0.2) is 0 Å². The molecule has 0 radical (unpaired) electrons. The number of rotatable bonds is 4. The SMILES string of the molecule is CC[C@H](c1ccc(OC)c(Br)c1)N1CCNCC1.Cl.Cl. The van der Waals surface area contributed by atoms with E-state index in [2.05, 4.69) is 45.2 Å². The number of nitrogens with one attached hydrogen (secondary N) is 1. The number of nitrogens with zero attached hydrogens (tertiary/aromatic N) is 1. The lowest BCUT2D eigenvalue weighted by molar-refractivity contribution is 0.169. The molecule has 1 aromatic rings. The van der Waals surface area contributed by atoms with Gasteiger partial charge >= 0.3 is 0 Å². The Balaban J connectivity index is 0.00000180. The highest BCUT2D eigenvalue weighted by molar-refractivity contribution is 9.10. The molecule has 1 aromatic carbocycles. The summed E-state index contributed by atoms with van der Waals surface area (Å²) < 4.78 is 6.33. The van der Waals surface area contributed by atoms with Crippen molar-refractivity contribution in [1.82, 2.24) is 10.2 Å². The molecule has 116 valence electrons. The maximum atomic E-state index is 5.29. The molecule has 0 unspecified atom stereocenters. The first-order chi connectivity index (χ1) is 8.76. The summed E-state index contributed by atoms with van der Waals surface area (Å²) in [5.74, 6) is 0.897. The average Bonchev–Trinajstić information content (AvgIpc) is 2.41. The molecular formula is C14H23BrCl2N2O. The van der Waals surface area contributed by atoms with E-state index in [4.69, 9.17) is 4.74 Å². The maximum Gasteiger partial charge on any atom is 0.133 e. The standard InChI is InChI=1S/C14H21BrN2O.2ClH/c1-3-13(17-8-6-16-7-9-17)11-4-5-14(18-2)12(15)10-11;;/h4-5,10,13,16H,3,6-9H2,1-2H3;2*1H/t13-;;/m1../s1. The van der Waals surface area contributed by atoms with Crippen LogP contribution in [-0.2, 0) is 0 Å². The molecule has 3 nitrogen and oxygen atoms in total. The van der Waals surface area contributed by atoms with Gasteiger partial charge in [0, 0.05) is 32.2 Å². The molecule has 1 N–H and O–H groups in total. The fourth-order valence-corrected chi connectivity index (χ4v) is 3.15.